The molecule has 4 N–H and O–H groups in total. The Bertz CT molecular complexity index is 2890. The van der Waals surface area contributed by atoms with Gasteiger partial charge in [0.2, 0.25) is 0 Å². The number of fused-ring (bicyclic) bond motifs is 3. The van der Waals surface area contributed by atoms with Crippen LogP contribution in [-0.2, 0) is 32.2 Å². The molecule has 4 aromatic heterocycles. The fourth-order valence-electron chi connectivity index (χ4n) is 7.16. The fraction of sp³-hybridized carbons (Fsp3) is 0.213. The topological polar surface area (TPSA) is 163 Å². The van der Waals surface area contributed by atoms with Crippen molar-refractivity contribution < 1.29 is 32.9 Å². The van der Waals surface area contributed by atoms with Gasteiger partial charge in [-0.1, -0.05) is 64.5 Å². The van der Waals surface area contributed by atoms with Crippen LogP contribution < -0.4 is 9.47 Å². The molecule has 0 bridgehead atoms. The maximum absolute atomic E-state index is 12.9. The third kappa shape index (κ3) is 10.6. The molecule has 2 atom stereocenters. The van der Waals surface area contributed by atoms with Crippen molar-refractivity contribution >= 4 is 48.9 Å². The molecule has 9 rings (SSSR count). The van der Waals surface area contributed by atoms with Crippen LogP contribution in [0.4, 0.5) is 13.2 Å². The lowest BCUT2D eigenvalue weighted by Crippen LogP contribution is -2.27. The molecule has 0 aliphatic rings. The number of H-pyrrole nitrogens is 2. The van der Waals surface area contributed by atoms with Crippen LogP contribution in [0.5, 0.6) is 11.5 Å². The molecule has 0 aliphatic heterocycles. The first-order valence-electron chi connectivity index (χ1n) is 20.2. The number of aliphatic hydroxyl groups excluding tert-OH is 2. The highest BCUT2D eigenvalue weighted by Gasteiger charge is 2.30. The lowest BCUT2D eigenvalue weighted by atomic mass is 10.1. The van der Waals surface area contributed by atoms with Crippen LogP contribution in [-0.4, -0.2) is 75.6 Å². The summed E-state index contributed by atoms with van der Waals surface area (Å²) in [6.45, 7) is 2.29. The van der Waals surface area contributed by atoms with E-state index in [-0.39, 0.29) is 11.6 Å². The number of para-hydroxylation sites is 1. The quantitative estimate of drug-likeness (QED) is 0.0828. The predicted octanol–water partition coefficient (Wildman–Crippen LogP) is 9.12. The van der Waals surface area contributed by atoms with E-state index in [0.29, 0.717) is 53.2 Å². The number of imidazole rings is 2. The number of alkyl halides is 3. The highest BCUT2D eigenvalue weighted by Crippen LogP contribution is 2.31. The van der Waals surface area contributed by atoms with Gasteiger partial charge in [-0.2, -0.15) is 13.2 Å². The summed E-state index contributed by atoms with van der Waals surface area (Å²) in [5.41, 5.74) is 5.96. The molecule has 0 saturated heterocycles. The molecule has 0 spiro atoms. The van der Waals surface area contributed by atoms with Crippen molar-refractivity contribution in [3.63, 3.8) is 0 Å². The summed E-state index contributed by atoms with van der Waals surface area (Å²) < 4.78 is 52.1. The number of pyridine rings is 1. The summed E-state index contributed by atoms with van der Waals surface area (Å²) in [6, 6.07) is 36.3. The van der Waals surface area contributed by atoms with Crippen LogP contribution in [0.3, 0.4) is 0 Å². The molecule has 5 aromatic carbocycles. The molecule has 328 valence electrons. The number of aromatic amines is 2. The van der Waals surface area contributed by atoms with E-state index in [4.69, 9.17) is 14.5 Å². The molecule has 17 heteroatoms. The minimum Gasteiger partial charge on any atom is -0.497 e. The largest absolute Gasteiger partial charge is 0.497 e. The minimum absolute atomic E-state index is 0.249. The van der Waals surface area contributed by atoms with E-state index < -0.39 is 23.9 Å². The molecule has 13 nitrogen and oxygen atoms in total. The standard InChI is InChI=1S/C29H25BrF3N5.C18H18N4O4/c30-25-12-7-21(8-13-25)15-16-37(18-26-14-9-23-3-1-2-4-27(23)35-26)19-28-36-34-20-38(28)17-22-5-10-24(11-6-22)29(31,32)33;1-25-9-3-5-11-13(7-9)21-17(19-11)15(23)16(24)18-20-12-6-4-10(26-2)8-14(12)22-18/h1-14,20H,15-19H2;3-8,15-16,23-24H,1-2H3,(H,19,21)(H,20,22). The average molecular weight is 935 g/mol. The van der Waals surface area contributed by atoms with Crippen LogP contribution in [0.1, 0.15) is 52.1 Å². The average Bonchev–Trinajstić information content (AvgIpc) is 4.06. The second-order valence-corrected chi connectivity index (χ2v) is 16.0. The van der Waals surface area contributed by atoms with Crippen molar-refractivity contribution in [3.8, 4) is 11.5 Å². The Morgan fingerprint density at radius 1 is 0.703 bits per heavy atom. The van der Waals surface area contributed by atoms with Gasteiger partial charge in [0.25, 0.3) is 0 Å². The first-order chi connectivity index (χ1) is 30.9. The second-order valence-electron chi connectivity index (χ2n) is 15.1. The highest BCUT2D eigenvalue weighted by molar-refractivity contribution is 9.10. The van der Waals surface area contributed by atoms with Crippen molar-refractivity contribution in [2.24, 2.45) is 0 Å². The zero-order valence-electron chi connectivity index (χ0n) is 34.7. The Morgan fingerprint density at radius 2 is 1.31 bits per heavy atom. The number of hydrogen-bond donors (Lipinski definition) is 4. The molecule has 64 heavy (non-hydrogen) atoms. The third-order valence-corrected chi connectivity index (χ3v) is 11.2. The summed E-state index contributed by atoms with van der Waals surface area (Å²) in [5, 5.41) is 30.6. The SMILES string of the molecule is COc1ccc2nc(C(O)C(O)c3nc4ccc(OC)cc4[nH]3)[nH]c2c1.FC(F)(F)c1ccc(Cn2cnnc2CN(CCc2ccc(Br)cc2)Cc2ccc3ccccc3n2)cc1. The monoisotopic (exact) mass is 933 g/mol. The highest BCUT2D eigenvalue weighted by atomic mass is 79.9. The summed E-state index contributed by atoms with van der Waals surface area (Å²) in [6.07, 6.45) is -4.43. The maximum atomic E-state index is 12.9. The molecule has 2 unspecified atom stereocenters. The number of aliphatic hydroxyl groups is 2. The summed E-state index contributed by atoms with van der Waals surface area (Å²) in [7, 11) is 3.15. The van der Waals surface area contributed by atoms with Crippen molar-refractivity contribution in [1.82, 2.24) is 44.6 Å². The van der Waals surface area contributed by atoms with Gasteiger partial charge in [0.15, 0.2) is 0 Å². The molecule has 0 saturated carbocycles. The van der Waals surface area contributed by atoms with E-state index in [9.17, 15) is 23.4 Å². The lowest BCUT2D eigenvalue weighted by molar-refractivity contribution is -0.137. The summed E-state index contributed by atoms with van der Waals surface area (Å²) in [5.74, 6) is 2.59. The van der Waals surface area contributed by atoms with Crippen LogP contribution in [0.2, 0.25) is 0 Å². The second kappa shape index (κ2) is 19.4. The van der Waals surface area contributed by atoms with Gasteiger partial charge in [-0.3, -0.25) is 9.88 Å². The zero-order chi connectivity index (χ0) is 44.8. The zero-order valence-corrected chi connectivity index (χ0v) is 36.3. The molecule has 0 amide bonds. The minimum atomic E-state index is -4.35. The fourth-order valence-corrected chi connectivity index (χ4v) is 7.42. The van der Waals surface area contributed by atoms with Gasteiger partial charge in [0.1, 0.15) is 47.5 Å². The number of hydrogen-bond acceptors (Lipinski definition) is 10. The number of methoxy groups -OCH3 is 2. The van der Waals surface area contributed by atoms with E-state index in [2.05, 4.69) is 69.2 Å². The van der Waals surface area contributed by atoms with Crippen molar-refractivity contribution in [2.75, 3.05) is 20.8 Å². The first-order valence-corrected chi connectivity index (χ1v) is 21.0. The number of halogens is 4. The number of nitrogens with one attached hydrogen (secondary N) is 2. The molecule has 4 heterocycles. The summed E-state index contributed by atoms with van der Waals surface area (Å²) >= 11 is 3.49. The van der Waals surface area contributed by atoms with Crippen molar-refractivity contribution in [1.29, 1.82) is 0 Å². The number of ether oxygens (including phenoxy) is 2. The van der Waals surface area contributed by atoms with E-state index in [1.165, 1.54) is 17.7 Å². The Labute approximate surface area is 373 Å². The third-order valence-electron chi connectivity index (χ3n) is 10.6. The van der Waals surface area contributed by atoms with Crippen molar-refractivity contribution in [3.05, 3.63) is 172 Å². The van der Waals surface area contributed by atoms with Gasteiger partial charge in [-0.25, -0.2) is 9.97 Å². The van der Waals surface area contributed by atoms with Gasteiger partial charge >= 0.3 is 6.18 Å². The van der Waals surface area contributed by atoms with Crippen LogP contribution in [0.15, 0.2) is 132 Å². The molecular formula is C47H43BrF3N9O4. The lowest BCUT2D eigenvalue weighted by Gasteiger charge is -2.22. The van der Waals surface area contributed by atoms with E-state index in [1.807, 2.05) is 47.0 Å². The number of aromatic nitrogens is 8. The van der Waals surface area contributed by atoms with E-state index in [1.54, 1.807) is 56.9 Å². The van der Waals surface area contributed by atoms with Crippen LogP contribution in [0, 0.1) is 0 Å². The smallest absolute Gasteiger partial charge is 0.416 e. The Balaban J connectivity index is 0.000000188. The predicted molar refractivity (Wildman–Crippen MR) is 239 cm³/mol. The Morgan fingerprint density at radius 3 is 1.92 bits per heavy atom. The molecule has 0 radical (unpaired) electrons. The number of rotatable bonds is 14. The number of nitrogens with zero attached hydrogens (tertiary/aromatic N) is 7. The molecule has 0 fully saturated rings. The van der Waals surface area contributed by atoms with Gasteiger partial charge < -0.3 is 34.2 Å². The maximum Gasteiger partial charge on any atom is 0.416 e. The number of benzene rings is 5. The Kier molecular flexibility index (Phi) is 13.3. The molecular weight excluding hydrogens is 891 g/mol. The Hall–Kier alpha value is -6.66. The van der Waals surface area contributed by atoms with Crippen molar-refractivity contribution in [2.45, 2.75) is 44.4 Å². The van der Waals surface area contributed by atoms with Gasteiger partial charge in [-0.05, 0) is 78.2 Å². The van der Waals surface area contributed by atoms with Gasteiger partial charge in [-0.15, -0.1) is 10.2 Å². The normalized spacial score (nSPS) is 12.7. The molecule has 9 aromatic rings. The summed E-state index contributed by atoms with van der Waals surface area (Å²) in [4.78, 5) is 21.8. The van der Waals surface area contributed by atoms with Crippen LogP contribution in [0.25, 0.3) is 33.0 Å². The van der Waals surface area contributed by atoms with Gasteiger partial charge in [0, 0.05) is 35.1 Å². The van der Waals surface area contributed by atoms with E-state index >= 15 is 0 Å². The van der Waals surface area contributed by atoms with Crippen LogP contribution >= 0.6 is 15.9 Å². The van der Waals surface area contributed by atoms with E-state index in [0.717, 1.165) is 57.6 Å². The molecule has 0 aliphatic carbocycles. The van der Waals surface area contributed by atoms with Gasteiger partial charge in [0.05, 0.1) is 66.1 Å². The first kappa shape index (κ1) is 44.0.